The Morgan fingerprint density at radius 2 is 1.95 bits per heavy atom. The van der Waals surface area contributed by atoms with Crippen LogP contribution in [0.15, 0.2) is 24.3 Å². The van der Waals surface area contributed by atoms with E-state index in [-0.39, 0.29) is 0 Å². The number of anilines is 1. The monoisotopic (exact) mass is 274 g/mol. The first-order valence-electron chi connectivity index (χ1n) is 6.28. The van der Waals surface area contributed by atoms with Crippen LogP contribution in [0.1, 0.15) is 12.6 Å². The highest BCUT2D eigenvalue weighted by atomic mass is 16.5. The summed E-state index contributed by atoms with van der Waals surface area (Å²) in [6.45, 7) is 2.02. The predicted molar refractivity (Wildman–Crippen MR) is 77.8 cm³/mol. The van der Waals surface area contributed by atoms with Gasteiger partial charge in [-0.05, 0) is 24.6 Å². The zero-order valence-electron chi connectivity index (χ0n) is 11.8. The summed E-state index contributed by atoms with van der Waals surface area (Å²) in [5.41, 5.74) is 4.21. The van der Waals surface area contributed by atoms with Crippen LogP contribution in [0.25, 0.3) is 11.4 Å². The molecular weight excluding hydrogens is 256 g/mol. The van der Waals surface area contributed by atoms with Crippen molar-refractivity contribution < 1.29 is 9.47 Å². The highest BCUT2D eigenvalue weighted by molar-refractivity contribution is 5.67. The Hall–Kier alpha value is -2.34. The molecule has 0 bridgehead atoms. The van der Waals surface area contributed by atoms with Gasteiger partial charge in [0.1, 0.15) is 17.3 Å². The van der Waals surface area contributed by atoms with Crippen LogP contribution in [0.4, 0.5) is 5.82 Å². The lowest BCUT2D eigenvalue weighted by Gasteiger charge is -2.11. The SMILES string of the molecule is CCc1cc(NN)nc(-c2cc(OC)ccc2OC)n1. The van der Waals surface area contributed by atoms with E-state index in [1.807, 2.05) is 31.2 Å². The van der Waals surface area contributed by atoms with Gasteiger partial charge in [-0.2, -0.15) is 0 Å². The fourth-order valence-corrected chi connectivity index (χ4v) is 1.86. The van der Waals surface area contributed by atoms with Gasteiger partial charge in [-0.3, -0.25) is 0 Å². The Kier molecular flexibility index (Phi) is 4.37. The Morgan fingerprint density at radius 1 is 1.15 bits per heavy atom. The van der Waals surface area contributed by atoms with Crippen molar-refractivity contribution in [3.63, 3.8) is 0 Å². The van der Waals surface area contributed by atoms with Gasteiger partial charge in [-0.1, -0.05) is 6.92 Å². The van der Waals surface area contributed by atoms with E-state index in [0.717, 1.165) is 17.7 Å². The second-order valence-corrected chi connectivity index (χ2v) is 4.13. The molecule has 0 aliphatic rings. The molecule has 6 nitrogen and oxygen atoms in total. The Bertz CT molecular complexity index is 579. The standard InChI is InChI=1S/C14H18N4O2/c1-4-9-7-13(18-15)17-14(16-9)11-8-10(19-2)5-6-12(11)20-3/h5-8H,4,15H2,1-3H3,(H,16,17,18). The largest absolute Gasteiger partial charge is 0.497 e. The first-order valence-corrected chi connectivity index (χ1v) is 6.28. The molecule has 0 unspecified atom stereocenters. The van der Waals surface area contributed by atoms with Gasteiger partial charge in [0.15, 0.2) is 5.82 Å². The van der Waals surface area contributed by atoms with Crippen LogP contribution >= 0.6 is 0 Å². The third-order valence-corrected chi connectivity index (χ3v) is 2.94. The first kappa shape index (κ1) is 14.1. The normalized spacial score (nSPS) is 10.2. The molecule has 0 atom stereocenters. The number of hydrogen-bond donors (Lipinski definition) is 2. The van der Waals surface area contributed by atoms with Crippen LogP contribution in [0, 0.1) is 0 Å². The molecule has 20 heavy (non-hydrogen) atoms. The van der Waals surface area contributed by atoms with Gasteiger partial charge in [-0.25, -0.2) is 15.8 Å². The summed E-state index contributed by atoms with van der Waals surface area (Å²) >= 11 is 0. The van der Waals surface area contributed by atoms with Crippen LogP contribution in [0.3, 0.4) is 0 Å². The van der Waals surface area contributed by atoms with Crippen LogP contribution < -0.4 is 20.7 Å². The van der Waals surface area contributed by atoms with E-state index in [4.69, 9.17) is 15.3 Å². The zero-order chi connectivity index (χ0) is 14.5. The molecule has 2 rings (SSSR count). The van der Waals surface area contributed by atoms with Gasteiger partial charge in [-0.15, -0.1) is 0 Å². The molecule has 0 amide bonds. The van der Waals surface area contributed by atoms with Crippen molar-refractivity contribution in [1.29, 1.82) is 0 Å². The Labute approximate surface area is 117 Å². The number of aromatic nitrogens is 2. The maximum Gasteiger partial charge on any atom is 0.165 e. The third-order valence-electron chi connectivity index (χ3n) is 2.94. The fourth-order valence-electron chi connectivity index (χ4n) is 1.86. The summed E-state index contributed by atoms with van der Waals surface area (Å²) in [5, 5.41) is 0. The molecule has 3 N–H and O–H groups in total. The summed E-state index contributed by atoms with van der Waals surface area (Å²) in [6, 6.07) is 7.31. The molecule has 0 radical (unpaired) electrons. The van der Waals surface area contributed by atoms with E-state index >= 15 is 0 Å². The second-order valence-electron chi connectivity index (χ2n) is 4.13. The number of hydrazine groups is 1. The number of benzene rings is 1. The van der Waals surface area contributed by atoms with E-state index in [2.05, 4.69) is 15.4 Å². The third kappa shape index (κ3) is 2.80. The average Bonchev–Trinajstić information content (AvgIpc) is 2.53. The van der Waals surface area contributed by atoms with Crippen molar-refractivity contribution in [2.24, 2.45) is 5.84 Å². The minimum Gasteiger partial charge on any atom is -0.497 e. The summed E-state index contributed by atoms with van der Waals surface area (Å²) in [5.74, 6) is 7.97. The molecule has 6 heteroatoms. The van der Waals surface area contributed by atoms with E-state index in [1.165, 1.54) is 0 Å². The molecule has 106 valence electrons. The molecule has 1 heterocycles. The number of rotatable bonds is 5. The number of hydrogen-bond acceptors (Lipinski definition) is 6. The van der Waals surface area contributed by atoms with Crippen molar-refractivity contribution >= 4 is 5.82 Å². The quantitative estimate of drug-likeness (QED) is 0.641. The van der Waals surface area contributed by atoms with Crippen molar-refractivity contribution in [3.8, 4) is 22.9 Å². The molecule has 0 spiro atoms. The van der Waals surface area contributed by atoms with Gasteiger partial charge in [0.05, 0.1) is 19.8 Å². The lowest BCUT2D eigenvalue weighted by atomic mass is 10.1. The highest BCUT2D eigenvalue weighted by Crippen LogP contribution is 2.32. The fraction of sp³-hybridized carbons (Fsp3) is 0.286. The topological polar surface area (TPSA) is 82.3 Å². The summed E-state index contributed by atoms with van der Waals surface area (Å²) < 4.78 is 10.6. The van der Waals surface area contributed by atoms with Gasteiger partial charge in [0.2, 0.25) is 0 Å². The van der Waals surface area contributed by atoms with E-state index in [1.54, 1.807) is 14.2 Å². The molecule has 0 aliphatic heterocycles. The smallest absolute Gasteiger partial charge is 0.165 e. The summed E-state index contributed by atoms with van der Waals surface area (Å²) in [4.78, 5) is 8.88. The molecule has 1 aromatic carbocycles. The number of nitrogens with zero attached hydrogens (tertiary/aromatic N) is 2. The number of ether oxygens (including phenoxy) is 2. The van der Waals surface area contributed by atoms with Crippen LogP contribution in [-0.4, -0.2) is 24.2 Å². The molecule has 0 aliphatic carbocycles. The number of methoxy groups -OCH3 is 2. The number of nitrogens with one attached hydrogen (secondary N) is 1. The molecule has 2 aromatic rings. The lowest BCUT2D eigenvalue weighted by molar-refractivity contribution is 0.404. The van der Waals surface area contributed by atoms with Crippen molar-refractivity contribution in [2.45, 2.75) is 13.3 Å². The first-order chi connectivity index (χ1) is 9.71. The maximum atomic E-state index is 5.45. The van der Waals surface area contributed by atoms with Gasteiger partial charge in [0, 0.05) is 11.8 Å². The summed E-state index contributed by atoms with van der Waals surface area (Å²) in [6.07, 6.45) is 0.788. The average molecular weight is 274 g/mol. The van der Waals surface area contributed by atoms with Crippen molar-refractivity contribution in [1.82, 2.24) is 9.97 Å². The molecule has 0 saturated heterocycles. The maximum absolute atomic E-state index is 5.45. The van der Waals surface area contributed by atoms with Crippen LogP contribution in [0.5, 0.6) is 11.5 Å². The minimum atomic E-state index is 0.549. The molecule has 0 fully saturated rings. The van der Waals surface area contributed by atoms with Crippen molar-refractivity contribution in [3.05, 3.63) is 30.0 Å². The van der Waals surface area contributed by atoms with E-state index < -0.39 is 0 Å². The van der Waals surface area contributed by atoms with Crippen molar-refractivity contribution in [2.75, 3.05) is 19.6 Å². The van der Waals surface area contributed by atoms with Crippen LogP contribution in [0.2, 0.25) is 0 Å². The molecular formula is C14H18N4O2. The van der Waals surface area contributed by atoms with E-state index in [0.29, 0.717) is 23.1 Å². The highest BCUT2D eigenvalue weighted by Gasteiger charge is 2.12. The summed E-state index contributed by atoms with van der Waals surface area (Å²) in [7, 11) is 3.22. The van der Waals surface area contributed by atoms with Gasteiger partial charge >= 0.3 is 0 Å². The van der Waals surface area contributed by atoms with Crippen LogP contribution in [-0.2, 0) is 6.42 Å². The number of nitrogen functional groups attached to an aromatic ring is 1. The van der Waals surface area contributed by atoms with E-state index in [9.17, 15) is 0 Å². The van der Waals surface area contributed by atoms with Gasteiger partial charge < -0.3 is 14.9 Å². The zero-order valence-corrected chi connectivity index (χ0v) is 11.8. The van der Waals surface area contributed by atoms with Gasteiger partial charge in [0.25, 0.3) is 0 Å². The number of aryl methyl sites for hydroxylation is 1. The molecule has 0 saturated carbocycles. The second kappa shape index (κ2) is 6.21. The Balaban J connectivity index is 2.59. The Morgan fingerprint density at radius 3 is 2.55 bits per heavy atom. The minimum absolute atomic E-state index is 0.549. The molecule has 1 aromatic heterocycles. The number of nitrogens with two attached hydrogens (primary N) is 1. The lowest BCUT2D eigenvalue weighted by Crippen LogP contribution is -2.10. The predicted octanol–water partition coefficient (Wildman–Crippen LogP) is 2.01.